The highest BCUT2D eigenvalue weighted by Gasteiger charge is 2.06. The summed E-state index contributed by atoms with van der Waals surface area (Å²) < 4.78 is 10.6. The number of rotatable bonds is 8. The molecule has 0 bridgehead atoms. The van der Waals surface area contributed by atoms with Gasteiger partial charge in [0.25, 0.3) is 0 Å². The van der Waals surface area contributed by atoms with E-state index in [2.05, 4.69) is 6.58 Å². The molecule has 0 radical (unpaired) electrons. The Morgan fingerprint density at radius 1 is 1.50 bits per heavy atom. The van der Waals surface area contributed by atoms with Crippen LogP contribution >= 0.6 is 0 Å². The topological polar surface area (TPSA) is 76.0 Å². The summed E-state index contributed by atoms with van der Waals surface area (Å²) >= 11 is 0. The minimum absolute atomic E-state index is 0.244. The number of aliphatic hydroxyl groups excluding tert-OH is 2. The van der Waals surface area contributed by atoms with Crippen LogP contribution < -0.4 is 9.47 Å². The first kappa shape index (κ1) is 16.2. The third-order valence-electron chi connectivity index (χ3n) is 2.70. The van der Waals surface area contributed by atoms with Crippen molar-refractivity contribution in [3.8, 4) is 11.5 Å². The summed E-state index contributed by atoms with van der Waals surface area (Å²) in [7, 11) is 0. The molecule has 0 aromatic heterocycles. The molecule has 1 atom stereocenters. The molecule has 0 aliphatic carbocycles. The van der Waals surface area contributed by atoms with Crippen molar-refractivity contribution in [3.63, 3.8) is 0 Å². The van der Waals surface area contributed by atoms with E-state index >= 15 is 0 Å². The molecular weight excluding hydrogens is 260 g/mol. The average molecular weight is 280 g/mol. The van der Waals surface area contributed by atoms with Gasteiger partial charge in [-0.2, -0.15) is 0 Å². The second kappa shape index (κ2) is 8.35. The Morgan fingerprint density at radius 3 is 2.90 bits per heavy atom. The molecule has 0 aliphatic rings. The van der Waals surface area contributed by atoms with Gasteiger partial charge in [-0.1, -0.05) is 12.6 Å². The molecular formula is C15H20O5. The van der Waals surface area contributed by atoms with Crippen LogP contribution in [0, 0.1) is 6.92 Å². The molecule has 0 amide bonds. The predicted octanol–water partition coefficient (Wildman–Crippen LogP) is 1.60. The molecule has 0 fully saturated rings. The van der Waals surface area contributed by atoms with Gasteiger partial charge < -0.3 is 19.7 Å². The van der Waals surface area contributed by atoms with Gasteiger partial charge in [-0.25, -0.2) is 4.79 Å². The van der Waals surface area contributed by atoms with Gasteiger partial charge >= 0.3 is 5.97 Å². The van der Waals surface area contributed by atoms with Crippen molar-refractivity contribution < 1.29 is 24.5 Å². The fourth-order valence-corrected chi connectivity index (χ4v) is 1.53. The predicted molar refractivity (Wildman–Crippen MR) is 74.8 cm³/mol. The van der Waals surface area contributed by atoms with E-state index in [-0.39, 0.29) is 6.61 Å². The number of benzene rings is 1. The van der Waals surface area contributed by atoms with Gasteiger partial charge in [0.2, 0.25) is 0 Å². The van der Waals surface area contributed by atoms with Crippen LogP contribution in [0.3, 0.4) is 0 Å². The highest BCUT2D eigenvalue weighted by atomic mass is 16.5. The molecule has 1 aromatic rings. The molecule has 110 valence electrons. The maximum Gasteiger partial charge on any atom is 0.335 e. The van der Waals surface area contributed by atoms with Gasteiger partial charge in [0.15, 0.2) is 0 Å². The van der Waals surface area contributed by atoms with Crippen molar-refractivity contribution >= 4 is 5.97 Å². The fraction of sp³-hybridized carbons (Fsp3) is 0.400. The first-order valence-corrected chi connectivity index (χ1v) is 6.43. The molecule has 0 saturated carbocycles. The lowest BCUT2D eigenvalue weighted by Crippen LogP contribution is -2.13. The van der Waals surface area contributed by atoms with Crippen molar-refractivity contribution in [2.24, 2.45) is 0 Å². The molecule has 1 unspecified atom stereocenters. The van der Waals surface area contributed by atoms with Gasteiger partial charge in [-0.05, 0) is 31.4 Å². The van der Waals surface area contributed by atoms with Gasteiger partial charge in [0.05, 0.1) is 19.3 Å². The molecule has 20 heavy (non-hydrogen) atoms. The van der Waals surface area contributed by atoms with Crippen LogP contribution in [0.1, 0.15) is 18.4 Å². The number of hydrogen-bond acceptors (Lipinski definition) is 5. The fourth-order valence-electron chi connectivity index (χ4n) is 1.53. The van der Waals surface area contributed by atoms with Gasteiger partial charge in [-0.3, -0.25) is 0 Å². The third kappa shape index (κ3) is 5.42. The second-order valence-corrected chi connectivity index (χ2v) is 4.38. The summed E-state index contributed by atoms with van der Waals surface area (Å²) in [6.45, 7) is 5.34. The summed E-state index contributed by atoms with van der Waals surface area (Å²) in [5.41, 5.74) is 0.822. The van der Waals surface area contributed by atoms with Crippen molar-refractivity contribution in [3.05, 3.63) is 36.4 Å². The number of carbonyl (C=O) groups is 1. The highest BCUT2D eigenvalue weighted by Crippen LogP contribution is 2.24. The van der Waals surface area contributed by atoms with Crippen LogP contribution in [-0.4, -0.2) is 35.5 Å². The van der Waals surface area contributed by atoms with Crippen LogP contribution in [0.15, 0.2) is 30.9 Å². The Bertz CT molecular complexity index is 456. The van der Waals surface area contributed by atoms with Crippen molar-refractivity contribution in [2.75, 3.05) is 13.2 Å². The third-order valence-corrected chi connectivity index (χ3v) is 2.70. The molecule has 1 aromatic carbocycles. The number of carbonyl (C=O) groups excluding carboxylic acids is 1. The Labute approximate surface area is 118 Å². The molecule has 0 aliphatic heterocycles. The van der Waals surface area contributed by atoms with Gasteiger partial charge in [0, 0.05) is 12.1 Å². The van der Waals surface area contributed by atoms with E-state index in [4.69, 9.17) is 14.6 Å². The minimum atomic E-state index is -0.708. The zero-order chi connectivity index (χ0) is 15.0. The van der Waals surface area contributed by atoms with Crippen LogP contribution in [0.2, 0.25) is 0 Å². The summed E-state index contributed by atoms with van der Waals surface area (Å²) in [6, 6.07) is 5.21. The second-order valence-electron chi connectivity index (χ2n) is 4.38. The van der Waals surface area contributed by atoms with E-state index in [1.54, 1.807) is 18.2 Å². The standard InChI is InChI=1S/C15H20O5/c1-3-15(18)20-14-9-13(7-6-11(14)2)19-8-4-5-12(17)10-16/h3,6-7,9,12,16-17H,1,4-5,8,10H2,2H3. The van der Waals surface area contributed by atoms with Crippen molar-refractivity contribution in [2.45, 2.75) is 25.9 Å². The van der Waals surface area contributed by atoms with Gasteiger partial charge in [0.1, 0.15) is 11.5 Å². The summed E-state index contributed by atoms with van der Waals surface area (Å²) in [4.78, 5) is 11.2. The Balaban J connectivity index is 2.52. The van der Waals surface area contributed by atoms with Crippen LogP contribution in [0.25, 0.3) is 0 Å². The highest BCUT2D eigenvalue weighted by molar-refractivity contribution is 5.83. The van der Waals surface area contributed by atoms with E-state index < -0.39 is 12.1 Å². The number of esters is 1. The van der Waals surface area contributed by atoms with E-state index in [1.165, 1.54) is 0 Å². The normalized spacial score (nSPS) is 11.8. The molecule has 1 rings (SSSR count). The van der Waals surface area contributed by atoms with Crippen LogP contribution in [-0.2, 0) is 4.79 Å². The van der Waals surface area contributed by atoms with E-state index in [9.17, 15) is 9.90 Å². The monoisotopic (exact) mass is 280 g/mol. The number of hydrogen-bond donors (Lipinski definition) is 2. The van der Waals surface area contributed by atoms with Crippen molar-refractivity contribution in [1.29, 1.82) is 0 Å². The summed E-state index contributed by atoms with van der Waals surface area (Å²) in [6.07, 6.45) is 1.49. The first-order valence-electron chi connectivity index (χ1n) is 6.43. The lowest BCUT2D eigenvalue weighted by atomic mass is 10.2. The summed E-state index contributed by atoms with van der Waals surface area (Å²) in [5, 5.41) is 17.9. The average Bonchev–Trinajstić information content (AvgIpc) is 2.46. The molecule has 0 spiro atoms. The van der Waals surface area contributed by atoms with E-state index in [0.29, 0.717) is 30.9 Å². The Morgan fingerprint density at radius 2 is 2.25 bits per heavy atom. The molecule has 0 heterocycles. The smallest absolute Gasteiger partial charge is 0.335 e. The Hall–Kier alpha value is -1.85. The van der Waals surface area contributed by atoms with E-state index in [1.807, 2.05) is 6.92 Å². The lowest BCUT2D eigenvalue weighted by molar-refractivity contribution is -0.129. The zero-order valence-corrected chi connectivity index (χ0v) is 11.5. The van der Waals surface area contributed by atoms with Gasteiger partial charge in [-0.15, -0.1) is 0 Å². The molecule has 5 heteroatoms. The summed E-state index contributed by atoms with van der Waals surface area (Å²) in [5.74, 6) is 0.500. The van der Waals surface area contributed by atoms with E-state index in [0.717, 1.165) is 11.6 Å². The first-order chi connectivity index (χ1) is 9.56. The number of aliphatic hydroxyl groups is 2. The number of aryl methyl sites for hydroxylation is 1. The van der Waals surface area contributed by atoms with Crippen molar-refractivity contribution in [1.82, 2.24) is 0 Å². The molecule has 0 saturated heterocycles. The quantitative estimate of drug-likeness (QED) is 0.327. The maximum absolute atomic E-state index is 11.2. The lowest BCUT2D eigenvalue weighted by Gasteiger charge is -2.11. The number of ether oxygens (including phenoxy) is 2. The molecule has 5 nitrogen and oxygen atoms in total. The van der Waals surface area contributed by atoms with Crippen LogP contribution in [0.4, 0.5) is 0 Å². The Kier molecular flexibility index (Phi) is 6.76. The molecule has 2 N–H and O–H groups in total. The minimum Gasteiger partial charge on any atom is -0.493 e. The SMILES string of the molecule is C=CC(=O)Oc1cc(OCCCC(O)CO)ccc1C. The maximum atomic E-state index is 11.2. The van der Waals surface area contributed by atoms with Crippen LogP contribution in [0.5, 0.6) is 11.5 Å². The zero-order valence-electron chi connectivity index (χ0n) is 11.5. The largest absolute Gasteiger partial charge is 0.493 e.